The number of hydrogen-bond donors (Lipinski definition) is 0. The third-order valence-corrected chi connectivity index (χ3v) is 3.36. The maximum absolute atomic E-state index is 5.81. The van der Waals surface area contributed by atoms with Gasteiger partial charge in [0.15, 0.2) is 0 Å². The molecule has 1 nitrogen and oxygen atoms in total. The highest BCUT2D eigenvalue weighted by Gasteiger charge is 2.04. The van der Waals surface area contributed by atoms with Gasteiger partial charge in [0.05, 0.1) is 5.52 Å². The number of rotatable bonds is 2. The van der Waals surface area contributed by atoms with Crippen molar-refractivity contribution in [2.75, 3.05) is 0 Å². The molecule has 0 saturated carbocycles. The summed E-state index contributed by atoms with van der Waals surface area (Å²) in [6.45, 7) is 0. The lowest BCUT2D eigenvalue weighted by atomic mass is 10.0. The standard InChI is InChI=1S/C16H12ClN/c17-11-12-6-8-13(9-7-12)15-5-1-3-14-4-2-10-18-16(14)15/h1-10H,11H2. The Labute approximate surface area is 111 Å². The van der Waals surface area contributed by atoms with Crippen LogP contribution in [-0.2, 0) is 5.88 Å². The third kappa shape index (κ3) is 1.98. The summed E-state index contributed by atoms with van der Waals surface area (Å²) in [5.41, 5.74) is 4.51. The Morgan fingerprint density at radius 1 is 0.889 bits per heavy atom. The van der Waals surface area contributed by atoms with Gasteiger partial charge in [-0.25, -0.2) is 0 Å². The summed E-state index contributed by atoms with van der Waals surface area (Å²) in [6, 6.07) is 18.6. The molecule has 2 heteroatoms. The van der Waals surface area contributed by atoms with Gasteiger partial charge in [-0.3, -0.25) is 4.98 Å². The number of hydrogen-bond acceptors (Lipinski definition) is 1. The van der Waals surface area contributed by atoms with Gasteiger partial charge in [0.25, 0.3) is 0 Å². The van der Waals surface area contributed by atoms with Gasteiger partial charge in [-0.2, -0.15) is 0 Å². The Balaban J connectivity index is 2.18. The molecular formula is C16H12ClN. The number of aromatic nitrogens is 1. The van der Waals surface area contributed by atoms with E-state index in [1.54, 1.807) is 0 Å². The molecule has 1 aromatic heterocycles. The molecule has 0 amide bonds. The van der Waals surface area contributed by atoms with E-state index in [0.29, 0.717) is 5.88 Å². The summed E-state index contributed by atoms with van der Waals surface area (Å²) in [6.07, 6.45) is 1.83. The van der Waals surface area contributed by atoms with E-state index in [-0.39, 0.29) is 0 Å². The van der Waals surface area contributed by atoms with Gasteiger partial charge in [-0.15, -0.1) is 11.6 Å². The van der Waals surface area contributed by atoms with Gasteiger partial charge in [0.2, 0.25) is 0 Å². The monoisotopic (exact) mass is 253 g/mol. The number of alkyl halides is 1. The third-order valence-electron chi connectivity index (χ3n) is 3.05. The van der Waals surface area contributed by atoms with Crippen molar-refractivity contribution in [2.24, 2.45) is 0 Å². The van der Waals surface area contributed by atoms with Gasteiger partial charge in [0, 0.05) is 23.0 Å². The van der Waals surface area contributed by atoms with E-state index in [2.05, 4.69) is 53.5 Å². The van der Waals surface area contributed by atoms with E-state index < -0.39 is 0 Å². The molecule has 18 heavy (non-hydrogen) atoms. The second kappa shape index (κ2) is 4.79. The zero-order valence-electron chi connectivity index (χ0n) is 9.81. The second-order valence-corrected chi connectivity index (χ2v) is 4.48. The maximum Gasteiger partial charge on any atom is 0.0780 e. The zero-order chi connectivity index (χ0) is 12.4. The van der Waals surface area contributed by atoms with E-state index in [0.717, 1.165) is 22.0 Å². The molecular weight excluding hydrogens is 242 g/mol. The number of fused-ring (bicyclic) bond motifs is 1. The Bertz CT molecular complexity index is 669. The molecule has 0 saturated heterocycles. The van der Waals surface area contributed by atoms with Crippen LogP contribution in [0.3, 0.4) is 0 Å². The molecule has 88 valence electrons. The van der Waals surface area contributed by atoms with Crippen LogP contribution in [0, 0.1) is 0 Å². The predicted molar refractivity (Wildman–Crippen MR) is 76.7 cm³/mol. The van der Waals surface area contributed by atoms with Crippen LogP contribution < -0.4 is 0 Å². The molecule has 0 atom stereocenters. The molecule has 0 fully saturated rings. The Morgan fingerprint density at radius 2 is 1.67 bits per heavy atom. The number of para-hydroxylation sites is 1. The lowest BCUT2D eigenvalue weighted by Gasteiger charge is -2.06. The summed E-state index contributed by atoms with van der Waals surface area (Å²) >= 11 is 5.81. The van der Waals surface area contributed by atoms with E-state index in [1.165, 1.54) is 5.56 Å². The van der Waals surface area contributed by atoms with E-state index in [9.17, 15) is 0 Å². The average molecular weight is 254 g/mol. The highest BCUT2D eigenvalue weighted by molar-refractivity contribution is 6.17. The molecule has 0 N–H and O–H groups in total. The second-order valence-electron chi connectivity index (χ2n) is 4.21. The molecule has 0 unspecified atom stereocenters. The van der Waals surface area contributed by atoms with Crippen molar-refractivity contribution >= 4 is 22.5 Å². The van der Waals surface area contributed by atoms with Crippen molar-refractivity contribution in [3.8, 4) is 11.1 Å². The first-order chi connectivity index (χ1) is 8.88. The summed E-state index contributed by atoms with van der Waals surface area (Å²) in [5.74, 6) is 0.550. The smallest absolute Gasteiger partial charge is 0.0780 e. The van der Waals surface area contributed by atoms with Crippen LogP contribution in [0.2, 0.25) is 0 Å². The fraction of sp³-hybridized carbons (Fsp3) is 0.0625. The lowest BCUT2D eigenvalue weighted by Crippen LogP contribution is -1.85. The van der Waals surface area contributed by atoms with Gasteiger partial charge in [-0.1, -0.05) is 48.5 Å². The van der Waals surface area contributed by atoms with Gasteiger partial charge in [-0.05, 0) is 17.2 Å². The van der Waals surface area contributed by atoms with Crippen LogP contribution in [0.5, 0.6) is 0 Å². The molecule has 1 heterocycles. The topological polar surface area (TPSA) is 12.9 Å². The number of benzene rings is 2. The molecule has 0 aliphatic heterocycles. The van der Waals surface area contributed by atoms with Crippen LogP contribution in [0.4, 0.5) is 0 Å². The molecule has 2 aromatic carbocycles. The summed E-state index contributed by atoms with van der Waals surface area (Å²) < 4.78 is 0. The molecule has 0 spiro atoms. The maximum atomic E-state index is 5.81. The predicted octanol–water partition coefficient (Wildman–Crippen LogP) is 4.64. The average Bonchev–Trinajstić information content (AvgIpc) is 2.47. The first-order valence-corrected chi connectivity index (χ1v) is 6.41. The first kappa shape index (κ1) is 11.2. The molecule has 3 rings (SSSR count). The molecule has 0 aliphatic carbocycles. The fourth-order valence-corrected chi connectivity index (χ4v) is 2.29. The van der Waals surface area contributed by atoms with Crippen LogP contribution in [-0.4, -0.2) is 4.98 Å². The van der Waals surface area contributed by atoms with E-state index in [4.69, 9.17) is 11.6 Å². The molecule has 0 radical (unpaired) electrons. The minimum absolute atomic E-state index is 0.550. The van der Waals surface area contributed by atoms with Gasteiger partial charge >= 0.3 is 0 Å². The molecule has 0 bridgehead atoms. The van der Waals surface area contributed by atoms with Crippen molar-refractivity contribution in [1.82, 2.24) is 4.98 Å². The van der Waals surface area contributed by atoms with Gasteiger partial charge in [0.1, 0.15) is 0 Å². The highest BCUT2D eigenvalue weighted by atomic mass is 35.5. The van der Waals surface area contributed by atoms with E-state index in [1.807, 2.05) is 12.3 Å². The SMILES string of the molecule is ClCc1ccc(-c2cccc3cccnc23)cc1. The largest absolute Gasteiger partial charge is 0.256 e. The van der Waals surface area contributed by atoms with Crippen LogP contribution in [0.15, 0.2) is 60.8 Å². The highest BCUT2D eigenvalue weighted by Crippen LogP contribution is 2.27. The fourth-order valence-electron chi connectivity index (χ4n) is 2.11. The van der Waals surface area contributed by atoms with Crippen molar-refractivity contribution in [2.45, 2.75) is 5.88 Å². The van der Waals surface area contributed by atoms with Crippen molar-refractivity contribution < 1.29 is 0 Å². The number of halogens is 1. The summed E-state index contributed by atoms with van der Waals surface area (Å²) in [4.78, 5) is 4.47. The van der Waals surface area contributed by atoms with Crippen molar-refractivity contribution in [3.63, 3.8) is 0 Å². The Hall–Kier alpha value is -1.86. The van der Waals surface area contributed by atoms with Gasteiger partial charge < -0.3 is 0 Å². The quantitative estimate of drug-likeness (QED) is 0.606. The Kier molecular flexibility index (Phi) is 2.99. The van der Waals surface area contributed by atoms with Crippen LogP contribution in [0.25, 0.3) is 22.0 Å². The molecule has 3 aromatic rings. The molecule has 0 aliphatic rings. The number of pyridine rings is 1. The zero-order valence-corrected chi connectivity index (χ0v) is 10.6. The first-order valence-electron chi connectivity index (χ1n) is 5.87. The van der Waals surface area contributed by atoms with Crippen LogP contribution >= 0.6 is 11.6 Å². The van der Waals surface area contributed by atoms with Crippen molar-refractivity contribution in [1.29, 1.82) is 0 Å². The Morgan fingerprint density at radius 3 is 2.44 bits per heavy atom. The van der Waals surface area contributed by atoms with E-state index >= 15 is 0 Å². The van der Waals surface area contributed by atoms with Crippen LogP contribution in [0.1, 0.15) is 5.56 Å². The minimum Gasteiger partial charge on any atom is -0.256 e. The lowest BCUT2D eigenvalue weighted by molar-refractivity contribution is 1.39. The summed E-state index contributed by atoms with van der Waals surface area (Å²) in [7, 11) is 0. The van der Waals surface area contributed by atoms with Crippen molar-refractivity contribution in [3.05, 3.63) is 66.4 Å². The normalized spacial score (nSPS) is 10.7. The number of nitrogens with zero attached hydrogens (tertiary/aromatic N) is 1. The minimum atomic E-state index is 0.550. The summed E-state index contributed by atoms with van der Waals surface area (Å²) in [5, 5.41) is 1.16.